The molecule has 160 valence electrons. The van der Waals surface area contributed by atoms with Crippen LogP contribution in [0, 0.1) is 29.1 Å². The van der Waals surface area contributed by atoms with Crippen LogP contribution in [0.25, 0.3) is 0 Å². The van der Waals surface area contributed by atoms with Gasteiger partial charge in [0, 0.05) is 12.5 Å². The number of carbonyl (C=O) groups is 2. The van der Waals surface area contributed by atoms with Crippen LogP contribution in [0.2, 0.25) is 0 Å². The largest absolute Gasteiger partial charge is 0.465 e. The van der Waals surface area contributed by atoms with Crippen LogP contribution in [0.1, 0.15) is 72.1 Å². The molecule has 4 rings (SSSR count). The van der Waals surface area contributed by atoms with Crippen molar-refractivity contribution in [2.45, 2.75) is 72.1 Å². The van der Waals surface area contributed by atoms with Crippen LogP contribution in [-0.4, -0.2) is 49.7 Å². The summed E-state index contributed by atoms with van der Waals surface area (Å²) >= 11 is 0. The van der Waals surface area contributed by atoms with Crippen LogP contribution < -0.4 is 0 Å². The zero-order valence-corrected chi connectivity index (χ0v) is 18.1. The number of hydrogen-bond acceptors (Lipinski definition) is 5. The molecule has 28 heavy (non-hydrogen) atoms. The standard InChI is InChI=1S/C23H39NO4/c1-4-24(5-2)7-6-21(25)27-15-17(3)16-28-22(26)14-23-11-18-8-19(12-23)10-20(9-18)13-23/h17-20H,4-16H2,1-3H3. The Morgan fingerprint density at radius 2 is 1.43 bits per heavy atom. The summed E-state index contributed by atoms with van der Waals surface area (Å²) in [6.45, 7) is 9.44. The van der Waals surface area contributed by atoms with Crippen molar-refractivity contribution >= 4 is 11.9 Å². The summed E-state index contributed by atoms with van der Waals surface area (Å²) in [6, 6.07) is 0. The zero-order chi connectivity index (χ0) is 20.1. The minimum atomic E-state index is -0.168. The van der Waals surface area contributed by atoms with Crippen molar-refractivity contribution < 1.29 is 19.1 Å². The molecule has 4 saturated carbocycles. The lowest BCUT2D eigenvalue weighted by molar-refractivity contribution is -0.154. The normalized spacial score (nSPS) is 31.8. The molecule has 0 aromatic rings. The van der Waals surface area contributed by atoms with E-state index in [9.17, 15) is 9.59 Å². The summed E-state index contributed by atoms with van der Waals surface area (Å²) in [5.74, 6) is 2.38. The quantitative estimate of drug-likeness (QED) is 0.496. The second-order valence-corrected chi connectivity index (χ2v) is 9.84. The first kappa shape index (κ1) is 21.6. The lowest BCUT2D eigenvalue weighted by Gasteiger charge is -2.56. The molecule has 0 heterocycles. The van der Waals surface area contributed by atoms with Gasteiger partial charge in [0.25, 0.3) is 0 Å². The number of nitrogens with zero attached hydrogens (tertiary/aromatic N) is 1. The van der Waals surface area contributed by atoms with Gasteiger partial charge in [0.05, 0.1) is 26.1 Å². The molecule has 0 saturated heterocycles. The number of rotatable bonds is 11. The summed E-state index contributed by atoms with van der Waals surface area (Å²) in [5.41, 5.74) is 0.228. The predicted octanol–water partition coefficient (Wildman–Crippen LogP) is 4.05. The number of ether oxygens (including phenoxy) is 2. The Hall–Kier alpha value is -1.10. The third kappa shape index (κ3) is 5.71. The number of esters is 2. The minimum absolute atomic E-state index is 0.0396. The van der Waals surface area contributed by atoms with E-state index in [1.165, 1.54) is 38.5 Å². The maximum absolute atomic E-state index is 12.5. The van der Waals surface area contributed by atoms with Crippen molar-refractivity contribution in [1.29, 1.82) is 0 Å². The van der Waals surface area contributed by atoms with Gasteiger partial charge >= 0.3 is 11.9 Å². The Balaban J connectivity index is 1.32. The van der Waals surface area contributed by atoms with E-state index in [2.05, 4.69) is 18.7 Å². The first-order chi connectivity index (χ1) is 13.4. The summed E-state index contributed by atoms with van der Waals surface area (Å²) in [6.07, 6.45) is 8.88. The predicted molar refractivity (Wildman–Crippen MR) is 109 cm³/mol. The fraction of sp³-hybridized carbons (Fsp3) is 0.913. The van der Waals surface area contributed by atoms with E-state index in [1.54, 1.807) is 0 Å². The van der Waals surface area contributed by atoms with Gasteiger partial charge in [-0.3, -0.25) is 9.59 Å². The highest BCUT2D eigenvalue weighted by atomic mass is 16.5. The Kier molecular flexibility index (Phi) is 7.41. The summed E-state index contributed by atoms with van der Waals surface area (Å²) < 4.78 is 10.9. The molecular weight excluding hydrogens is 354 g/mol. The molecule has 5 nitrogen and oxygen atoms in total. The zero-order valence-electron chi connectivity index (χ0n) is 18.1. The molecule has 1 atom stereocenters. The van der Waals surface area contributed by atoms with Crippen molar-refractivity contribution in [1.82, 2.24) is 4.90 Å². The van der Waals surface area contributed by atoms with Gasteiger partial charge in [-0.05, 0) is 74.8 Å². The van der Waals surface area contributed by atoms with Gasteiger partial charge in [-0.1, -0.05) is 20.8 Å². The maximum Gasteiger partial charge on any atom is 0.307 e. The monoisotopic (exact) mass is 393 g/mol. The highest BCUT2D eigenvalue weighted by molar-refractivity contribution is 5.70. The van der Waals surface area contributed by atoms with E-state index in [4.69, 9.17) is 9.47 Å². The third-order valence-corrected chi connectivity index (χ3v) is 7.27. The van der Waals surface area contributed by atoms with Crippen molar-refractivity contribution in [2.75, 3.05) is 32.8 Å². The minimum Gasteiger partial charge on any atom is -0.465 e. The molecule has 0 N–H and O–H groups in total. The van der Waals surface area contributed by atoms with Crippen molar-refractivity contribution in [3.8, 4) is 0 Å². The van der Waals surface area contributed by atoms with Gasteiger partial charge in [0.15, 0.2) is 0 Å². The smallest absolute Gasteiger partial charge is 0.307 e. The first-order valence-corrected chi connectivity index (χ1v) is 11.4. The van der Waals surface area contributed by atoms with E-state index in [1.807, 2.05) is 6.92 Å². The van der Waals surface area contributed by atoms with E-state index < -0.39 is 0 Å². The molecule has 4 aliphatic carbocycles. The van der Waals surface area contributed by atoms with Gasteiger partial charge in [0.1, 0.15) is 0 Å². The van der Waals surface area contributed by atoms with Crippen molar-refractivity contribution in [2.24, 2.45) is 29.1 Å². The van der Waals surface area contributed by atoms with Gasteiger partial charge in [-0.15, -0.1) is 0 Å². The van der Waals surface area contributed by atoms with Gasteiger partial charge < -0.3 is 14.4 Å². The maximum atomic E-state index is 12.5. The molecule has 1 unspecified atom stereocenters. The van der Waals surface area contributed by atoms with Gasteiger partial charge in [-0.25, -0.2) is 0 Å². The molecule has 4 fully saturated rings. The number of hydrogen-bond donors (Lipinski definition) is 0. The van der Waals surface area contributed by atoms with E-state index in [0.29, 0.717) is 26.1 Å². The van der Waals surface area contributed by atoms with Crippen LogP contribution >= 0.6 is 0 Å². The second kappa shape index (κ2) is 9.60. The first-order valence-electron chi connectivity index (χ1n) is 11.4. The highest BCUT2D eigenvalue weighted by Gasteiger charge is 2.51. The summed E-state index contributed by atoms with van der Waals surface area (Å²) in [4.78, 5) is 26.6. The Morgan fingerprint density at radius 1 is 0.929 bits per heavy atom. The molecule has 0 aromatic carbocycles. The second-order valence-electron chi connectivity index (χ2n) is 9.84. The molecule has 0 amide bonds. The average Bonchev–Trinajstić information content (AvgIpc) is 2.64. The molecule has 5 heteroatoms. The van der Waals surface area contributed by atoms with Crippen LogP contribution in [0.4, 0.5) is 0 Å². The number of carbonyl (C=O) groups excluding carboxylic acids is 2. The van der Waals surface area contributed by atoms with Gasteiger partial charge in [0.2, 0.25) is 0 Å². The SMILES string of the molecule is CCN(CC)CCC(=O)OCC(C)COC(=O)CC12CC3CC(CC(C3)C1)C2. The molecule has 0 aliphatic heterocycles. The Bertz CT molecular complexity index is 507. The van der Waals surface area contributed by atoms with E-state index >= 15 is 0 Å². The fourth-order valence-electron chi connectivity index (χ4n) is 6.24. The van der Waals surface area contributed by atoms with Crippen LogP contribution in [0.15, 0.2) is 0 Å². The summed E-state index contributed by atoms with van der Waals surface area (Å²) in [7, 11) is 0. The molecule has 0 radical (unpaired) electrons. The highest BCUT2D eigenvalue weighted by Crippen LogP contribution is 2.61. The summed E-state index contributed by atoms with van der Waals surface area (Å²) in [5, 5.41) is 0. The molecule has 0 spiro atoms. The molecular formula is C23H39NO4. The molecule has 4 aliphatic rings. The van der Waals surface area contributed by atoms with Crippen LogP contribution in [-0.2, 0) is 19.1 Å². The van der Waals surface area contributed by atoms with Crippen LogP contribution in [0.5, 0.6) is 0 Å². The fourth-order valence-corrected chi connectivity index (χ4v) is 6.24. The van der Waals surface area contributed by atoms with Crippen molar-refractivity contribution in [3.63, 3.8) is 0 Å². The average molecular weight is 394 g/mol. The van der Waals surface area contributed by atoms with Crippen LogP contribution in [0.3, 0.4) is 0 Å². The lowest BCUT2D eigenvalue weighted by Crippen LogP contribution is -2.47. The van der Waals surface area contributed by atoms with Crippen molar-refractivity contribution in [3.05, 3.63) is 0 Å². The Morgan fingerprint density at radius 3 is 1.93 bits per heavy atom. The van der Waals surface area contributed by atoms with E-state index in [0.717, 1.165) is 37.4 Å². The third-order valence-electron chi connectivity index (χ3n) is 7.27. The molecule has 4 bridgehead atoms. The lowest BCUT2D eigenvalue weighted by atomic mass is 9.49. The Labute approximate surface area is 170 Å². The van der Waals surface area contributed by atoms with E-state index in [-0.39, 0.29) is 23.3 Å². The topological polar surface area (TPSA) is 55.8 Å². The molecule has 0 aromatic heterocycles. The van der Waals surface area contributed by atoms with Gasteiger partial charge in [-0.2, -0.15) is 0 Å².